The Morgan fingerprint density at radius 1 is 1.36 bits per heavy atom. The van der Waals surface area contributed by atoms with Crippen LogP contribution < -0.4 is 10.4 Å². The van der Waals surface area contributed by atoms with Gasteiger partial charge in [-0.2, -0.15) is 0 Å². The van der Waals surface area contributed by atoms with Crippen LogP contribution >= 0.6 is 0 Å². The van der Waals surface area contributed by atoms with Crippen LogP contribution in [0, 0.1) is 6.07 Å². The summed E-state index contributed by atoms with van der Waals surface area (Å²) in [5.74, 6) is 0.319. The Morgan fingerprint density at radius 3 is 2.55 bits per heavy atom. The second-order valence-corrected chi connectivity index (χ2v) is 2.27. The molecule has 1 aromatic rings. The first-order valence-electron chi connectivity index (χ1n) is 3.62. The summed E-state index contributed by atoms with van der Waals surface area (Å²) in [7, 11) is 0. The molecule has 0 saturated heterocycles. The van der Waals surface area contributed by atoms with Crippen LogP contribution in [0.25, 0.3) is 12.2 Å². The molecule has 11 heavy (non-hydrogen) atoms. The summed E-state index contributed by atoms with van der Waals surface area (Å²) in [4.78, 5) is 0. The van der Waals surface area contributed by atoms with E-state index >= 15 is 0 Å². The predicted octanol–water partition coefficient (Wildman–Crippen LogP) is 0.793. The third kappa shape index (κ3) is 1.43. The van der Waals surface area contributed by atoms with Gasteiger partial charge in [0.15, 0.2) is 0 Å². The van der Waals surface area contributed by atoms with Gasteiger partial charge in [-0.05, 0) is 31.2 Å². The molecule has 1 rings (SSSR count). The fourth-order valence-electron chi connectivity index (χ4n) is 1.06. The third-order valence-electron chi connectivity index (χ3n) is 1.62. The molecule has 0 aromatic heterocycles. The van der Waals surface area contributed by atoms with Crippen molar-refractivity contribution >= 4 is 12.2 Å². The van der Waals surface area contributed by atoms with Gasteiger partial charge >= 0.3 is 0 Å². The lowest BCUT2D eigenvalue weighted by Gasteiger charge is -1.92. The maximum absolute atomic E-state index is 9.35. The third-order valence-corrected chi connectivity index (χ3v) is 1.62. The number of hydrogen-bond donors (Lipinski definition) is 1. The molecule has 0 atom stereocenters. The van der Waals surface area contributed by atoms with Crippen LogP contribution in [-0.4, -0.2) is 5.11 Å². The molecular formula is C10H11O. The van der Waals surface area contributed by atoms with Crippen molar-refractivity contribution in [3.63, 3.8) is 0 Å². The molecule has 1 aromatic carbocycles. The van der Waals surface area contributed by atoms with E-state index in [1.807, 2.05) is 26.0 Å². The second-order valence-electron chi connectivity index (χ2n) is 2.27. The summed E-state index contributed by atoms with van der Waals surface area (Å²) in [6, 6.07) is 6.39. The molecule has 57 valence electrons. The van der Waals surface area contributed by atoms with Crippen molar-refractivity contribution in [1.82, 2.24) is 0 Å². The fraction of sp³-hybridized carbons (Fsp3) is 0.200. The topological polar surface area (TPSA) is 20.2 Å². The van der Waals surface area contributed by atoms with Crippen molar-refractivity contribution in [2.24, 2.45) is 0 Å². The lowest BCUT2D eigenvalue weighted by atomic mass is 10.2. The highest BCUT2D eigenvalue weighted by Crippen LogP contribution is 1.93. The van der Waals surface area contributed by atoms with Crippen LogP contribution in [-0.2, 0) is 0 Å². The highest BCUT2D eigenvalue weighted by molar-refractivity contribution is 5.36. The zero-order chi connectivity index (χ0) is 8.27. The van der Waals surface area contributed by atoms with Crippen molar-refractivity contribution < 1.29 is 5.11 Å². The van der Waals surface area contributed by atoms with E-state index in [9.17, 15) is 5.11 Å². The van der Waals surface area contributed by atoms with Crippen molar-refractivity contribution in [3.05, 3.63) is 28.6 Å². The molecule has 0 aliphatic heterocycles. The smallest absolute Gasteiger partial charge is 0.123 e. The fourth-order valence-corrected chi connectivity index (χ4v) is 1.06. The Hall–Kier alpha value is -1.24. The number of hydrogen-bond acceptors (Lipinski definition) is 1. The van der Waals surface area contributed by atoms with E-state index in [1.54, 1.807) is 12.1 Å². The molecule has 0 bridgehead atoms. The zero-order valence-corrected chi connectivity index (χ0v) is 6.76. The minimum absolute atomic E-state index is 0.319. The molecule has 0 fully saturated rings. The molecule has 1 nitrogen and oxygen atoms in total. The Bertz CT molecular complexity index is 350. The van der Waals surface area contributed by atoms with Gasteiger partial charge in [0.1, 0.15) is 5.75 Å². The van der Waals surface area contributed by atoms with Crippen molar-refractivity contribution in [3.8, 4) is 5.75 Å². The summed E-state index contributed by atoms with van der Waals surface area (Å²) in [6.45, 7) is 3.83. The molecule has 0 aliphatic carbocycles. The highest BCUT2D eigenvalue weighted by Gasteiger charge is 1.89. The van der Waals surface area contributed by atoms with Crippen LogP contribution in [0.2, 0.25) is 0 Å². The van der Waals surface area contributed by atoms with Gasteiger partial charge in [0, 0.05) is 5.22 Å². The molecule has 0 heterocycles. The largest absolute Gasteiger partial charge is 0.507 e. The second kappa shape index (κ2) is 3.24. The lowest BCUT2D eigenvalue weighted by Crippen LogP contribution is -2.23. The first-order valence-corrected chi connectivity index (χ1v) is 3.62. The number of benzene rings is 1. The van der Waals surface area contributed by atoms with Crippen LogP contribution in [0.5, 0.6) is 5.75 Å². The van der Waals surface area contributed by atoms with E-state index in [-0.39, 0.29) is 0 Å². The Balaban J connectivity index is 3.65. The van der Waals surface area contributed by atoms with E-state index in [0.717, 1.165) is 10.4 Å². The predicted molar refractivity (Wildman–Crippen MR) is 46.5 cm³/mol. The van der Waals surface area contributed by atoms with E-state index in [1.165, 1.54) is 0 Å². The Kier molecular flexibility index (Phi) is 2.32. The van der Waals surface area contributed by atoms with Gasteiger partial charge in [0.05, 0.1) is 0 Å². The summed E-state index contributed by atoms with van der Waals surface area (Å²) in [5.41, 5.74) is 0. The minimum atomic E-state index is 0.319. The van der Waals surface area contributed by atoms with Gasteiger partial charge in [-0.1, -0.05) is 18.2 Å². The number of phenols is 1. The monoisotopic (exact) mass is 147 g/mol. The molecule has 0 unspecified atom stereocenters. The summed E-state index contributed by atoms with van der Waals surface area (Å²) >= 11 is 0. The van der Waals surface area contributed by atoms with Crippen LogP contribution in [0.4, 0.5) is 0 Å². The maximum atomic E-state index is 9.35. The highest BCUT2D eigenvalue weighted by atomic mass is 16.3. The van der Waals surface area contributed by atoms with Crippen LogP contribution in [0.1, 0.15) is 13.8 Å². The summed E-state index contributed by atoms with van der Waals surface area (Å²) in [5, 5.41) is 11.2. The van der Waals surface area contributed by atoms with Gasteiger partial charge in [0.2, 0.25) is 0 Å². The van der Waals surface area contributed by atoms with E-state index < -0.39 is 0 Å². The van der Waals surface area contributed by atoms with Gasteiger partial charge in [-0.25, -0.2) is 0 Å². The SMILES string of the molecule is CC=c1[c]ccc(O)c1=CC. The molecule has 1 heteroatoms. The average Bonchev–Trinajstić information content (AvgIpc) is 2.04. The van der Waals surface area contributed by atoms with Crippen molar-refractivity contribution in [2.45, 2.75) is 13.8 Å². The standard InChI is InChI=1S/C10H11O/c1-3-8-6-5-7-10(11)9(8)4-2/h3-5,7,11H,1-2H3. The van der Waals surface area contributed by atoms with E-state index in [0.29, 0.717) is 5.75 Å². The number of aromatic hydroxyl groups is 1. The molecule has 0 saturated carbocycles. The maximum Gasteiger partial charge on any atom is 0.123 e. The quantitative estimate of drug-likeness (QED) is 0.575. The van der Waals surface area contributed by atoms with Gasteiger partial charge in [0.25, 0.3) is 0 Å². The molecule has 1 radical (unpaired) electrons. The van der Waals surface area contributed by atoms with Gasteiger partial charge < -0.3 is 5.11 Å². The average molecular weight is 147 g/mol. The molecular weight excluding hydrogens is 136 g/mol. The van der Waals surface area contributed by atoms with Crippen LogP contribution in [0.3, 0.4) is 0 Å². The first-order chi connectivity index (χ1) is 5.29. The number of rotatable bonds is 0. The normalized spacial score (nSPS) is 14.0. The van der Waals surface area contributed by atoms with Gasteiger partial charge in [-0.15, -0.1) is 0 Å². The first kappa shape index (κ1) is 7.86. The molecule has 0 amide bonds. The van der Waals surface area contributed by atoms with Crippen molar-refractivity contribution in [1.29, 1.82) is 0 Å². The number of phenolic OH excluding ortho intramolecular Hbond substituents is 1. The van der Waals surface area contributed by atoms with Crippen molar-refractivity contribution in [2.75, 3.05) is 0 Å². The van der Waals surface area contributed by atoms with Crippen LogP contribution in [0.15, 0.2) is 12.1 Å². The molecule has 0 spiro atoms. The lowest BCUT2D eigenvalue weighted by molar-refractivity contribution is 0.470. The Labute approximate surface area is 66.3 Å². The molecule has 1 N–H and O–H groups in total. The summed E-state index contributed by atoms with van der Waals surface area (Å²) < 4.78 is 0. The molecule has 0 aliphatic rings. The minimum Gasteiger partial charge on any atom is -0.507 e. The zero-order valence-electron chi connectivity index (χ0n) is 6.76. The summed E-state index contributed by atoms with van der Waals surface area (Å²) in [6.07, 6.45) is 3.80. The van der Waals surface area contributed by atoms with E-state index in [2.05, 4.69) is 6.07 Å². The Morgan fingerprint density at radius 2 is 2.09 bits per heavy atom. The van der Waals surface area contributed by atoms with Gasteiger partial charge in [-0.3, -0.25) is 0 Å². The van der Waals surface area contributed by atoms with E-state index in [4.69, 9.17) is 0 Å².